The molecule has 1 aromatic heterocycles. The molecule has 0 atom stereocenters. The van der Waals surface area contributed by atoms with Crippen molar-refractivity contribution in [3.05, 3.63) is 45.4 Å². The first kappa shape index (κ1) is 13.0. The van der Waals surface area contributed by atoms with Gasteiger partial charge in [-0.15, -0.1) is 11.3 Å². The highest BCUT2D eigenvalue weighted by atomic mass is 32.1. The van der Waals surface area contributed by atoms with Gasteiger partial charge >= 0.3 is 0 Å². The molecule has 0 aliphatic carbocycles. The molecule has 4 nitrogen and oxygen atoms in total. The van der Waals surface area contributed by atoms with Crippen molar-refractivity contribution in [2.75, 3.05) is 4.90 Å². The summed E-state index contributed by atoms with van der Waals surface area (Å²) in [6.45, 7) is 4.30. The minimum Gasteiger partial charge on any atom is -0.298 e. The van der Waals surface area contributed by atoms with Crippen molar-refractivity contribution in [3.63, 3.8) is 0 Å². The number of fused-ring (bicyclic) bond motifs is 1. The standard InChI is InChI=1S/C15H14N2O2S/c1-3-10-4-5-12-11(6-10)14(18)15(19)17(12)7-13-16-9(2)8-20-13/h4-6,8H,3,7H2,1-2H3. The van der Waals surface area contributed by atoms with Crippen molar-refractivity contribution in [2.24, 2.45) is 0 Å². The van der Waals surface area contributed by atoms with Crippen LogP contribution < -0.4 is 4.90 Å². The number of rotatable bonds is 3. The summed E-state index contributed by atoms with van der Waals surface area (Å²) in [6.07, 6.45) is 0.848. The molecule has 1 aromatic carbocycles. The molecule has 2 heterocycles. The third kappa shape index (κ3) is 2.04. The van der Waals surface area contributed by atoms with Gasteiger partial charge in [-0.05, 0) is 31.0 Å². The molecule has 0 N–H and O–H groups in total. The van der Waals surface area contributed by atoms with E-state index in [9.17, 15) is 9.59 Å². The summed E-state index contributed by atoms with van der Waals surface area (Å²) in [6, 6.07) is 5.64. The van der Waals surface area contributed by atoms with Crippen LogP contribution in [0.1, 0.15) is 33.5 Å². The average Bonchev–Trinajstić information content (AvgIpc) is 2.96. The molecule has 2 aromatic rings. The van der Waals surface area contributed by atoms with E-state index in [0.29, 0.717) is 17.8 Å². The monoisotopic (exact) mass is 286 g/mol. The lowest BCUT2D eigenvalue weighted by atomic mass is 10.1. The zero-order valence-electron chi connectivity index (χ0n) is 11.3. The zero-order chi connectivity index (χ0) is 14.3. The van der Waals surface area contributed by atoms with Gasteiger partial charge in [0.15, 0.2) is 0 Å². The molecule has 0 spiro atoms. The fourth-order valence-electron chi connectivity index (χ4n) is 2.34. The second kappa shape index (κ2) is 4.83. The number of nitrogens with zero attached hydrogens (tertiary/aromatic N) is 2. The number of aromatic nitrogens is 1. The Morgan fingerprint density at radius 3 is 2.75 bits per heavy atom. The van der Waals surface area contributed by atoms with Crippen molar-refractivity contribution in [1.29, 1.82) is 0 Å². The smallest absolute Gasteiger partial charge is 0.298 e. The van der Waals surface area contributed by atoms with E-state index in [-0.39, 0.29) is 0 Å². The van der Waals surface area contributed by atoms with Gasteiger partial charge in [0.25, 0.3) is 11.7 Å². The Labute approximate surface area is 121 Å². The SMILES string of the molecule is CCc1ccc2c(c1)C(=O)C(=O)N2Cc1nc(C)cs1. The maximum atomic E-state index is 12.1. The Balaban J connectivity index is 1.98. The van der Waals surface area contributed by atoms with E-state index < -0.39 is 11.7 Å². The van der Waals surface area contributed by atoms with Crippen LogP contribution in [-0.2, 0) is 17.8 Å². The molecule has 0 unspecified atom stereocenters. The van der Waals surface area contributed by atoms with Crippen molar-refractivity contribution in [3.8, 4) is 0 Å². The molecule has 3 rings (SSSR count). The average molecular weight is 286 g/mol. The Morgan fingerprint density at radius 2 is 2.10 bits per heavy atom. The normalized spacial score (nSPS) is 14.0. The second-order valence-electron chi connectivity index (χ2n) is 4.81. The fraction of sp³-hybridized carbons (Fsp3) is 0.267. The number of hydrogen-bond donors (Lipinski definition) is 0. The molecule has 1 aliphatic rings. The summed E-state index contributed by atoms with van der Waals surface area (Å²) < 4.78 is 0. The van der Waals surface area contributed by atoms with E-state index in [1.165, 1.54) is 16.2 Å². The van der Waals surface area contributed by atoms with Crippen LogP contribution in [0.4, 0.5) is 5.69 Å². The van der Waals surface area contributed by atoms with Gasteiger partial charge in [-0.2, -0.15) is 0 Å². The summed E-state index contributed by atoms with van der Waals surface area (Å²) in [4.78, 5) is 30.1. The van der Waals surface area contributed by atoms with Gasteiger partial charge < -0.3 is 0 Å². The lowest BCUT2D eigenvalue weighted by Gasteiger charge is -2.14. The van der Waals surface area contributed by atoms with Crippen molar-refractivity contribution >= 4 is 28.7 Å². The maximum Gasteiger partial charge on any atom is 0.299 e. The Kier molecular flexibility index (Phi) is 3.14. The van der Waals surface area contributed by atoms with E-state index in [1.54, 1.807) is 0 Å². The second-order valence-corrected chi connectivity index (χ2v) is 5.75. The highest BCUT2D eigenvalue weighted by molar-refractivity contribution is 7.09. The van der Waals surface area contributed by atoms with Crippen LogP contribution in [0.3, 0.4) is 0 Å². The van der Waals surface area contributed by atoms with E-state index >= 15 is 0 Å². The number of carbonyl (C=O) groups excluding carboxylic acids is 2. The molecule has 1 amide bonds. The van der Waals surface area contributed by atoms with Gasteiger partial charge in [-0.25, -0.2) is 4.98 Å². The first-order chi connectivity index (χ1) is 9.60. The highest BCUT2D eigenvalue weighted by Crippen LogP contribution is 2.31. The zero-order valence-corrected chi connectivity index (χ0v) is 12.2. The summed E-state index contributed by atoms with van der Waals surface area (Å²) in [5.41, 5.74) is 3.22. The van der Waals surface area contributed by atoms with Crippen LogP contribution in [0.5, 0.6) is 0 Å². The van der Waals surface area contributed by atoms with Crippen molar-refractivity contribution in [2.45, 2.75) is 26.8 Å². The van der Waals surface area contributed by atoms with E-state index in [4.69, 9.17) is 0 Å². The highest BCUT2D eigenvalue weighted by Gasteiger charge is 2.36. The summed E-state index contributed by atoms with van der Waals surface area (Å²) >= 11 is 1.51. The maximum absolute atomic E-state index is 12.1. The predicted molar refractivity (Wildman–Crippen MR) is 78.2 cm³/mol. The van der Waals surface area contributed by atoms with Gasteiger partial charge in [-0.3, -0.25) is 14.5 Å². The minimum absolute atomic E-state index is 0.363. The molecule has 0 saturated carbocycles. The van der Waals surface area contributed by atoms with Gasteiger partial charge in [0.1, 0.15) is 5.01 Å². The summed E-state index contributed by atoms with van der Waals surface area (Å²) in [5, 5.41) is 2.79. The quantitative estimate of drug-likeness (QED) is 0.815. The van der Waals surface area contributed by atoms with Crippen molar-refractivity contribution < 1.29 is 9.59 Å². The first-order valence-corrected chi connectivity index (χ1v) is 7.38. The number of benzene rings is 1. The van der Waals surface area contributed by atoms with E-state index in [1.807, 2.05) is 37.4 Å². The van der Waals surface area contributed by atoms with Crippen LogP contribution in [0.25, 0.3) is 0 Å². The lowest BCUT2D eigenvalue weighted by molar-refractivity contribution is -0.114. The van der Waals surface area contributed by atoms with Crippen LogP contribution in [0.2, 0.25) is 0 Å². The fourth-order valence-corrected chi connectivity index (χ4v) is 3.09. The van der Waals surface area contributed by atoms with E-state index in [2.05, 4.69) is 4.98 Å². The van der Waals surface area contributed by atoms with Crippen LogP contribution in [-0.4, -0.2) is 16.7 Å². The third-order valence-electron chi connectivity index (χ3n) is 3.40. The molecular formula is C15H14N2O2S. The summed E-state index contributed by atoms with van der Waals surface area (Å²) in [5.74, 6) is -0.871. The number of anilines is 1. The third-order valence-corrected chi connectivity index (χ3v) is 4.36. The molecule has 0 radical (unpaired) electrons. The molecule has 0 fully saturated rings. The Bertz CT molecular complexity index is 706. The Morgan fingerprint density at radius 1 is 1.30 bits per heavy atom. The van der Waals surface area contributed by atoms with Crippen LogP contribution in [0, 0.1) is 6.92 Å². The topological polar surface area (TPSA) is 50.3 Å². The number of hydrogen-bond acceptors (Lipinski definition) is 4. The largest absolute Gasteiger partial charge is 0.299 e. The summed E-state index contributed by atoms with van der Waals surface area (Å²) in [7, 11) is 0. The van der Waals surface area contributed by atoms with Crippen molar-refractivity contribution in [1.82, 2.24) is 4.98 Å². The molecular weight excluding hydrogens is 272 g/mol. The molecule has 1 aliphatic heterocycles. The molecule has 102 valence electrons. The van der Waals surface area contributed by atoms with Gasteiger partial charge in [0, 0.05) is 11.1 Å². The molecule has 0 bridgehead atoms. The predicted octanol–water partition coefficient (Wildman–Crippen LogP) is 2.74. The van der Waals surface area contributed by atoms with Crippen LogP contribution in [0.15, 0.2) is 23.6 Å². The number of Topliss-reactive ketones (excluding diaryl/α,β-unsaturated/α-hetero) is 1. The van der Waals surface area contributed by atoms with Gasteiger partial charge in [-0.1, -0.05) is 13.0 Å². The number of ketones is 1. The van der Waals surface area contributed by atoms with Gasteiger partial charge in [0.05, 0.1) is 17.8 Å². The minimum atomic E-state index is -0.457. The molecule has 5 heteroatoms. The van der Waals surface area contributed by atoms with Gasteiger partial charge in [0.2, 0.25) is 0 Å². The van der Waals surface area contributed by atoms with Crippen LogP contribution >= 0.6 is 11.3 Å². The first-order valence-electron chi connectivity index (χ1n) is 6.50. The molecule has 20 heavy (non-hydrogen) atoms. The number of aryl methyl sites for hydroxylation is 2. The number of thiazole rings is 1. The lowest BCUT2D eigenvalue weighted by Crippen LogP contribution is -2.29. The number of amides is 1. The Hall–Kier alpha value is -2.01. The van der Waals surface area contributed by atoms with E-state index in [0.717, 1.165) is 22.7 Å². The number of carbonyl (C=O) groups is 2. The molecule has 0 saturated heterocycles.